The zero-order valence-electron chi connectivity index (χ0n) is 15.6. The molecule has 1 saturated heterocycles. The lowest BCUT2D eigenvalue weighted by Gasteiger charge is -2.11. The van der Waals surface area contributed by atoms with Gasteiger partial charge in [0.2, 0.25) is 0 Å². The zero-order chi connectivity index (χ0) is 22.1. The molecule has 0 spiro atoms. The lowest BCUT2D eigenvalue weighted by Crippen LogP contribution is -2.33. The third-order valence-electron chi connectivity index (χ3n) is 4.57. The van der Waals surface area contributed by atoms with Crippen molar-refractivity contribution < 1.29 is 23.7 Å². The van der Waals surface area contributed by atoms with Crippen molar-refractivity contribution in [1.29, 1.82) is 0 Å². The third-order valence-corrected chi connectivity index (χ3v) is 5.48. The van der Waals surface area contributed by atoms with Crippen LogP contribution in [0.5, 0.6) is 0 Å². The molecule has 0 N–H and O–H groups in total. The van der Waals surface area contributed by atoms with Crippen molar-refractivity contribution in [2.45, 2.75) is 0 Å². The van der Waals surface area contributed by atoms with Crippen LogP contribution >= 0.6 is 11.8 Å². The maximum absolute atomic E-state index is 12.6. The van der Waals surface area contributed by atoms with Crippen molar-refractivity contribution in [2.24, 2.45) is 0 Å². The van der Waals surface area contributed by atoms with E-state index in [2.05, 4.69) is 0 Å². The lowest BCUT2D eigenvalue weighted by molar-refractivity contribution is -0.384. The fourth-order valence-electron chi connectivity index (χ4n) is 2.97. The summed E-state index contributed by atoms with van der Waals surface area (Å²) < 4.78 is 5.41. The highest BCUT2D eigenvalue weighted by Gasteiger charge is 2.36. The van der Waals surface area contributed by atoms with E-state index in [0.29, 0.717) is 22.7 Å². The minimum Gasteiger partial charge on any atom is -0.463 e. The van der Waals surface area contributed by atoms with E-state index in [9.17, 15) is 29.3 Å². The maximum atomic E-state index is 12.6. The van der Waals surface area contributed by atoms with E-state index in [4.69, 9.17) is 4.42 Å². The molecule has 1 aliphatic heterocycles. The predicted molar refractivity (Wildman–Crippen MR) is 113 cm³/mol. The van der Waals surface area contributed by atoms with Gasteiger partial charge in [0, 0.05) is 17.7 Å². The largest absolute Gasteiger partial charge is 0.463 e. The van der Waals surface area contributed by atoms with E-state index in [1.54, 1.807) is 24.3 Å². The quantitative estimate of drug-likeness (QED) is 0.257. The first-order valence-corrected chi connectivity index (χ1v) is 9.70. The van der Waals surface area contributed by atoms with Crippen LogP contribution in [0.25, 0.3) is 17.0 Å². The highest BCUT2D eigenvalue weighted by molar-refractivity contribution is 8.18. The number of fused-ring (bicyclic) bond motifs is 1. The number of imide groups is 1. The molecule has 0 saturated carbocycles. The fraction of sp³-hybridized carbons (Fsp3) is 0.0476. The summed E-state index contributed by atoms with van der Waals surface area (Å²) in [7, 11) is 0. The number of nitro groups is 1. The monoisotopic (exact) mass is 436 g/mol. The van der Waals surface area contributed by atoms with Gasteiger partial charge in [-0.3, -0.25) is 34.2 Å². The molecule has 2 heterocycles. The number of amides is 2. The van der Waals surface area contributed by atoms with Crippen molar-refractivity contribution in [1.82, 2.24) is 4.90 Å². The standard InChI is InChI=1S/C21H12N2O7S/c24-16(12-5-7-14(8-6-12)23(28)29)10-22-20(26)18(31-21(22)27)9-13-11-30-17-4-2-1-3-15(17)19(13)25/h1-9,11H,10H2/b18-9-. The van der Waals surface area contributed by atoms with Gasteiger partial charge in [-0.15, -0.1) is 0 Å². The van der Waals surface area contributed by atoms with Crippen LogP contribution in [0.1, 0.15) is 15.9 Å². The molecule has 0 radical (unpaired) electrons. The van der Waals surface area contributed by atoms with Gasteiger partial charge in [0.05, 0.1) is 27.3 Å². The van der Waals surface area contributed by atoms with Crippen molar-refractivity contribution in [2.75, 3.05) is 6.54 Å². The first kappa shape index (κ1) is 20.2. The van der Waals surface area contributed by atoms with Gasteiger partial charge >= 0.3 is 0 Å². The molecule has 10 heteroatoms. The number of ketones is 1. The molecule has 31 heavy (non-hydrogen) atoms. The number of para-hydroxylation sites is 1. The molecule has 4 rings (SSSR count). The molecule has 2 aromatic carbocycles. The van der Waals surface area contributed by atoms with Crippen molar-refractivity contribution in [3.8, 4) is 0 Å². The second-order valence-corrected chi connectivity index (χ2v) is 7.50. The molecule has 0 aliphatic carbocycles. The van der Waals surface area contributed by atoms with Gasteiger partial charge in [-0.25, -0.2) is 0 Å². The smallest absolute Gasteiger partial charge is 0.293 e. The number of hydrogen-bond donors (Lipinski definition) is 0. The van der Waals surface area contributed by atoms with Gasteiger partial charge < -0.3 is 4.42 Å². The minimum atomic E-state index is -0.710. The number of carbonyl (C=O) groups excluding carboxylic acids is 3. The Hall–Kier alpha value is -4.05. The molecule has 0 bridgehead atoms. The summed E-state index contributed by atoms with van der Waals surface area (Å²) in [6.07, 6.45) is 2.47. The van der Waals surface area contributed by atoms with E-state index in [-0.39, 0.29) is 27.1 Å². The van der Waals surface area contributed by atoms with Crippen LogP contribution in [0.2, 0.25) is 0 Å². The highest BCUT2D eigenvalue weighted by Crippen LogP contribution is 2.32. The van der Waals surface area contributed by atoms with Gasteiger partial charge in [0.1, 0.15) is 11.8 Å². The number of thioether (sulfide) groups is 1. The summed E-state index contributed by atoms with van der Waals surface area (Å²) in [6, 6.07) is 11.5. The maximum Gasteiger partial charge on any atom is 0.293 e. The van der Waals surface area contributed by atoms with Crippen LogP contribution in [0, 0.1) is 10.1 Å². The number of non-ortho nitro benzene ring substituents is 1. The van der Waals surface area contributed by atoms with Gasteiger partial charge in [-0.2, -0.15) is 0 Å². The molecule has 0 unspecified atom stereocenters. The van der Waals surface area contributed by atoms with Crippen molar-refractivity contribution >= 4 is 51.4 Å². The molecule has 1 aliphatic rings. The predicted octanol–water partition coefficient (Wildman–Crippen LogP) is 3.62. The van der Waals surface area contributed by atoms with Gasteiger partial charge in [0.25, 0.3) is 16.8 Å². The number of rotatable bonds is 5. The Balaban J connectivity index is 1.56. The van der Waals surface area contributed by atoms with E-state index in [1.807, 2.05) is 0 Å². The van der Waals surface area contributed by atoms with Crippen LogP contribution in [0.15, 0.2) is 68.9 Å². The Morgan fingerprint density at radius 1 is 1.10 bits per heavy atom. The second-order valence-electron chi connectivity index (χ2n) is 6.51. The molecule has 0 atom stereocenters. The van der Waals surface area contributed by atoms with Gasteiger partial charge in [-0.05, 0) is 42.1 Å². The van der Waals surface area contributed by atoms with Crippen LogP contribution in [0.3, 0.4) is 0 Å². The number of nitrogens with zero attached hydrogens (tertiary/aromatic N) is 2. The van der Waals surface area contributed by atoms with Crippen LogP contribution < -0.4 is 5.43 Å². The van der Waals surface area contributed by atoms with E-state index < -0.39 is 28.4 Å². The molecular weight excluding hydrogens is 424 g/mol. The normalized spacial score (nSPS) is 15.1. The summed E-state index contributed by atoms with van der Waals surface area (Å²) in [4.78, 5) is 60.8. The summed E-state index contributed by atoms with van der Waals surface area (Å²) in [6.45, 7) is -0.522. The molecule has 2 amide bonds. The number of carbonyl (C=O) groups is 3. The van der Waals surface area contributed by atoms with Gasteiger partial charge in [0.15, 0.2) is 11.2 Å². The van der Waals surface area contributed by atoms with Crippen LogP contribution in [-0.2, 0) is 4.79 Å². The third kappa shape index (κ3) is 3.88. The van der Waals surface area contributed by atoms with Crippen molar-refractivity contribution in [3.63, 3.8) is 0 Å². The Morgan fingerprint density at radius 3 is 2.52 bits per heavy atom. The topological polar surface area (TPSA) is 128 Å². The highest BCUT2D eigenvalue weighted by atomic mass is 32.2. The SMILES string of the molecule is O=C(CN1C(=O)S/C(=C\c2coc3ccccc3c2=O)C1=O)c1ccc([N+](=O)[O-])cc1. The molecule has 154 valence electrons. The van der Waals surface area contributed by atoms with Crippen molar-refractivity contribution in [3.05, 3.63) is 91.2 Å². The van der Waals surface area contributed by atoms with E-state index >= 15 is 0 Å². The van der Waals surface area contributed by atoms with E-state index in [0.717, 1.165) is 4.90 Å². The Kier molecular flexibility index (Phi) is 5.22. The summed E-state index contributed by atoms with van der Waals surface area (Å²) in [5.74, 6) is -1.26. The number of Topliss-reactive ketones (excluding diaryl/α,β-unsaturated/α-hetero) is 1. The summed E-state index contributed by atoms with van der Waals surface area (Å²) >= 11 is 0.611. The number of benzene rings is 2. The number of nitro benzene ring substituents is 1. The van der Waals surface area contributed by atoms with Crippen LogP contribution in [-0.4, -0.2) is 33.3 Å². The first-order chi connectivity index (χ1) is 14.8. The molecule has 1 aromatic heterocycles. The molecule has 9 nitrogen and oxygen atoms in total. The van der Waals surface area contributed by atoms with E-state index in [1.165, 1.54) is 36.6 Å². The Morgan fingerprint density at radius 2 is 1.81 bits per heavy atom. The average molecular weight is 436 g/mol. The number of hydrogen-bond acceptors (Lipinski definition) is 8. The summed E-state index contributed by atoms with van der Waals surface area (Å²) in [5.41, 5.74) is 0.0941. The molecule has 1 fully saturated rings. The van der Waals surface area contributed by atoms with Crippen LogP contribution in [0.4, 0.5) is 10.5 Å². The molecule has 3 aromatic rings. The minimum absolute atomic E-state index is 0.0101. The van der Waals surface area contributed by atoms with Gasteiger partial charge in [-0.1, -0.05) is 12.1 Å². The second kappa shape index (κ2) is 8.00. The zero-order valence-corrected chi connectivity index (χ0v) is 16.5. The first-order valence-electron chi connectivity index (χ1n) is 8.89. The summed E-state index contributed by atoms with van der Waals surface area (Å²) in [5, 5.41) is 10.4. The molecular formula is C21H12N2O7S. The Bertz CT molecular complexity index is 1340. The average Bonchev–Trinajstić information content (AvgIpc) is 3.03. The fourth-order valence-corrected chi connectivity index (χ4v) is 3.80. The Labute approximate surface area is 178 Å². The lowest BCUT2D eigenvalue weighted by atomic mass is 10.1.